The lowest BCUT2D eigenvalue weighted by Crippen LogP contribution is -2.43. The van der Waals surface area contributed by atoms with E-state index in [9.17, 15) is 9.59 Å². The number of halogens is 1. The van der Waals surface area contributed by atoms with Gasteiger partial charge in [0.15, 0.2) is 0 Å². The first-order valence-electron chi connectivity index (χ1n) is 11.4. The molecule has 0 aliphatic carbocycles. The largest absolute Gasteiger partial charge is 0.345 e. The van der Waals surface area contributed by atoms with Crippen molar-refractivity contribution in [1.29, 1.82) is 0 Å². The number of unbranched alkanes of at least 4 members (excludes halogenated alkanes) is 1. The van der Waals surface area contributed by atoms with Gasteiger partial charge in [-0.1, -0.05) is 55.3 Å². The van der Waals surface area contributed by atoms with Crippen molar-refractivity contribution < 1.29 is 9.59 Å². The van der Waals surface area contributed by atoms with Crippen LogP contribution in [0.25, 0.3) is 0 Å². The Morgan fingerprint density at radius 2 is 1.65 bits per heavy atom. The van der Waals surface area contributed by atoms with Crippen LogP contribution < -0.4 is 0 Å². The summed E-state index contributed by atoms with van der Waals surface area (Å²) in [4.78, 5) is 29.3. The number of nitrogens with zero attached hydrogens (tertiary/aromatic N) is 3. The molecule has 1 aromatic carbocycles. The van der Waals surface area contributed by atoms with E-state index < -0.39 is 0 Å². The Morgan fingerprint density at radius 1 is 0.903 bits per heavy atom. The van der Waals surface area contributed by atoms with Crippen LogP contribution in [-0.4, -0.2) is 45.8 Å². The van der Waals surface area contributed by atoms with E-state index in [1.54, 1.807) is 4.90 Å². The van der Waals surface area contributed by atoms with E-state index in [0.29, 0.717) is 26.1 Å². The van der Waals surface area contributed by atoms with Gasteiger partial charge in [0.1, 0.15) is 0 Å². The van der Waals surface area contributed by atoms with E-state index in [1.165, 1.54) is 5.56 Å². The van der Waals surface area contributed by atoms with Crippen molar-refractivity contribution in [2.24, 2.45) is 0 Å². The molecule has 2 amide bonds. The quantitative estimate of drug-likeness (QED) is 0.374. The molecular formula is C25H36BrN3O2. The summed E-state index contributed by atoms with van der Waals surface area (Å²) in [6, 6.07) is 12.4. The number of hydrogen-bond donors (Lipinski definition) is 0. The van der Waals surface area contributed by atoms with Gasteiger partial charge in [-0.2, -0.15) is 0 Å². The third-order valence-electron chi connectivity index (χ3n) is 5.31. The third kappa shape index (κ3) is 8.17. The third-order valence-corrected chi connectivity index (χ3v) is 5.84. The summed E-state index contributed by atoms with van der Waals surface area (Å²) in [6.45, 7) is 9.01. The maximum Gasteiger partial charge on any atom is 0.242 e. The zero-order valence-corrected chi connectivity index (χ0v) is 20.7. The van der Waals surface area contributed by atoms with Gasteiger partial charge in [0.2, 0.25) is 11.8 Å². The van der Waals surface area contributed by atoms with E-state index in [1.807, 2.05) is 36.9 Å². The highest BCUT2D eigenvalue weighted by Gasteiger charge is 2.21. The molecule has 31 heavy (non-hydrogen) atoms. The molecule has 0 fully saturated rings. The molecule has 0 N–H and O–H groups in total. The summed E-state index contributed by atoms with van der Waals surface area (Å²) in [5, 5.41) is 0. The molecule has 0 spiro atoms. The van der Waals surface area contributed by atoms with E-state index in [4.69, 9.17) is 0 Å². The SMILES string of the molecule is CCCCN(Cc1cccn1Cc1ccc(Br)cc1)C(=O)CN(CCC)C(=O)CCC. The first-order valence-corrected chi connectivity index (χ1v) is 12.2. The minimum Gasteiger partial charge on any atom is -0.345 e. The number of amides is 2. The Morgan fingerprint density at radius 3 is 2.29 bits per heavy atom. The van der Waals surface area contributed by atoms with Gasteiger partial charge in [-0.05, 0) is 49.1 Å². The maximum absolute atomic E-state index is 13.2. The lowest BCUT2D eigenvalue weighted by atomic mass is 10.2. The summed E-state index contributed by atoms with van der Waals surface area (Å²) < 4.78 is 3.26. The Hall–Kier alpha value is -2.08. The monoisotopic (exact) mass is 489 g/mol. The minimum atomic E-state index is 0.0303. The molecule has 0 saturated heterocycles. The zero-order valence-electron chi connectivity index (χ0n) is 19.1. The molecule has 0 bridgehead atoms. The van der Waals surface area contributed by atoms with Gasteiger partial charge < -0.3 is 14.4 Å². The molecule has 5 nitrogen and oxygen atoms in total. The number of hydrogen-bond acceptors (Lipinski definition) is 2. The van der Waals surface area contributed by atoms with Crippen molar-refractivity contribution in [3.63, 3.8) is 0 Å². The van der Waals surface area contributed by atoms with Gasteiger partial charge in [0.25, 0.3) is 0 Å². The molecule has 170 valence electrons. The van der Waals surface area contributed by atoms with Crippen LogP contribution in [0.1, 0.15) is 64.1 Å². The number of carbonyl (C=O) groups excluding carboxylic acids is 2. The molecule has 0 aliphatic rings. The van der Waals surface area contributed by atoms with Crippen LogP contribution in [0.15, 0.2) is 47.1 Å². The van der Waals surface area contributed by atoms with Crippen LogP contribution >= 0.6 is 15.9 Å². The fourth-order valence-corrected chi connectivity index (χ4v) is 3.83. The highest BCUT2D eigenvalue weighted by atomic mass is 79.9. The smallest absolute Gasteiger partial charge is 0.242 e. The van der Waals surface area contributed by atoms with Crippen molar-refractivity contribution in [2.75, 3.05) is 19.6 Å². The Labute approximate surface area is 195 Å². The average molecular weight is 490 g/mol. The van der Waals surface area contributed by atoms with Crippen LogP contribution in [-0.2, 0) is 22.7 Å². The first-order chi connectivity index (χ1) is 15.0. The second kappa shape index (κ2) is 13.4. The van der Waals surface area contributed by atoms with Gasteiger partial charge in [-0.15, -0.1) is 0 Å². The van der Waals surface area contributed by atoms with Gasteiger partial charge in [0, 0.05) is 42.4 Å². The second-order valence-corrected chi connectivity index (χ2v) is 8.90. The van der Waals surface area contributed by atoms with Gasteiger partial charge >= 0.3 is 0 Å². The van der Waals surface area contributed by atoms with Crippen LogP contribution in [0.2, 0.25) is 0 Å². The van der Waals surface area contributed by atoms with Gasteiger partial charge in [-0.25, -0.2) is 0 Å². The Balaban J connectivity index is 2.12. The molecule has 0 atom stereocenters. The van der Waals surface area contributed by atoms with Crippen molar-refractivity contribution >= 4 is 27.7 Å². The minimum absolute atomic E-state index is 0.0303. The molecule has 0 radical (unpaired) electrons. The molecule has 1 aromatic heterocycles. The maximum atomic E-state index is 13.2. The standard InChI is InChI=1S/C25H36BrN3O2/c1-4-7-16-29(25(31)20-28(15-6-3)24(30)9-5-2)19-23-10-8-17-27(23)18-21-11-13-22(26)14-12-21/h8,10-14,17H,4-7,9,15-16,18-20H2,1-3H3. The van der Waals surface area contributed by atoms with Crippen LogP contribution in [0, 0.1) is 0 Å². The van der Waals surface area contributed by atoms with Crippen molar-refractivity contribution in [2.45, 2.75) is 66.0 Å². The normalized spacial score (nSPS) is 10.8. The summed E-state index contributed by atoms with van der Waals surface area (Å²) in [7, 11) is 0. The second-order valence-electron chi connectivity index (χ2n) is 7.99. The van der Waals surface area contributed by atoms with E-state index in [2.05, 4.69) is 51.8 Å². The molecule has 6 heteroatoms. The zero-order chi connectivity index (χ0) is 22.6. The highest BCUT2D eigenvalue weighted by molar-refractivity contribution is 9.10. The molecule has 2 aromatic rings. The topological polar surface area (TPSA) is 45.6 Å². The van der Waals surface area contributed by atoms with E-state index in [0.717, 1.165) is 42.4 Å². The lowest BCUT2D eigenvalue weighted by molar-refractivity contribution is -0.141. The van der Waals surface area contributed by atoms with E-state index in [-0.39, 0.29) is 18.4 Å². The van der Waals surface area contributed by atoms with Crippen molar-refractivity contribution in [1.82, 2.24) is 14.4 Å². The molecule has 1 heterocycles. The first kappa shape index (κ1) is 25.2. The molecular weight excluding hydrogens is 454 g/mol. The summed E-state index contributed by atoms with van der Waals surface area (Å²) >= 11 is 3.48. The molecule has 0 saturated carbocycles. The van der Waals surface area contributed by atoms with Crippen LogP contribution in [0.5, 0.6) is 0 Å². The Bertz CT molecular complexity index is 816. The highest BCUT2D eigenvalue weighted by Crippen LogP contribution is 2.15. The molecule has 0 aliphatic heterocycles. The van der Waals surface area contributed by atoms with Gasteiger partial charge in [0.05, 0.1) is 13.1 Å². The predicted octanol–water partition coefficient (Wildman–Crippen LogP) is 5.47. The summed E-state index contributed by atoms with van der Waals surface area (Å²) in [6.07, 6.45) is 6.20. The number of rotatable bonds is 13. The number of carbonyl (C=O) groups is 2. The van der Waals surface area contributed by atoms with Crippen molar-refractivity contribution in [3.8, 4) is 0 Å². The lowest BCUT2D eigenvalue weighted by Gasteiger charge is -2.28. The van der Waals surface area contributed by atoms with Crippen LogP contribution in [0.3, 0.4) is 0 Å². The molecule has 2 rings (SSSR count). The number of benzene rings is 1. The summed E-state index contributed by atoms with van der Waals surface area (Å²) in [5.74, 6) is 0.106. The number of aromatic nitrogens is 1. The molecule has 0 unspecified atom stereocenters. The van der Waals surface area contributed by atoms with Crippen LogP contribution in [0.4, 0.5) is 0 Å². The fourth-order valence-electron chi connectivity index (χ4n) is 3.57. The van der Waals surface area contributed by atoms with Gasteiger partial charge in [-0.3, -0.25) is 9.59 Å². The van der Waals surface area contributed by atoms with E-state index >= 15 is 0 Å². The Kier molecular flexibility index (Phi) is 10.9. The van der Waals surface area contributed by atoms with Crippen molar-refractivity contribution in [3.05, 3.63) is 58.3 Å². The summed E-state index contributed by atoms with van der Waals surface area (Å²) in [5.41, 5.74) is 2.32. The predicted molar refractivity (Wildman–Crippen MR) is 130 cm³/mol. The average Bonchev–Trinajstić information content (AvgIpc) is 3.19. The fraction of sp³-hybridized carbons (Fsp3) is 0.520.